The molecule has 0 spiro atoms. The predicted molar refractivity (Wildman–Crippen MR) is 91.0 cm³/mol. The van der Waals surface area contributed by atoms with Gasteiger partial charge in [-0.2, -0.15) is 13.2 Å². The second-order valence-corrected chi connectivity index (χ2v) is 5.96. The Morgan fingerprint density at radius 1 is 1.15 bits per heavy atom. The third-order valence-electron chi connectivity index (χ3n) is 3.79. The Labute approximate surface area is 149 Å². The molecule has 2 aromatic rings. The van der Waals surface area contributed by atoms with Crippen LogP contribution in [0.25, 0.3) is 0 Å². The van der Waals surface area contributed by atoms with Crippen LogP contribution >= 0.6 is 0 Å². The van der Waals surface area contributed by atoms with E-state index in [0.717, 1.165) is 17.7 Å². The first-order valence-corrected chi connectivity index (χ1v) is 8.05. The Bertz CT molecular complexity index is 719. The van der Waals surface area contributed by atoms with Crippen LogP contribution in [0.15, 0.2) is 54.6 Å². The summed E-state index contributed by atoms with van der Waals surface area (Å²) in [6.45, 7) is 0.301. The molecule has 0 saturated heterocycles. The summed E-state index contributed by atoms with van der Waals surface area (Å²) < 4.78 is 44.5. The molecule has 0 aromatic heterocycles. The van der Waals surface area contributed by atoms with E-state index in [1.54, 1.807) is 11.9 Å². The highest BCUT2D eigenvalue weighted by Crippen LogP contribution is 2.33. The van der Waals surface area contributed by atoms with Crippen molar-refractivity contribution in [2.75, 3.05) is 20.1 Å². The number of hydrogen-bond acceptors (Lipinski definition) is 3. The summed E-state index contributed by atoms with van der Waals surface area (Å²) in [6.07, 6.45) is -4.50. The molecule has 1 N–H and O–H groups in total. The number of alkyl halides is 3. The van der Waals surface area contributed by atoms with E-state index >= 15 is 0 Å². The first-order valence-electron chi connectivity index (χ1n) is 8.05. The van der Waals surface area contributed by atoms with Gasteiger partial charge in [0.15, 0.2) is 0 Å². The summed E-state index contributed by atoms with van der Waals surface area (Å²) in [6, 6.07) is 13.9. The maximum Gasteiger partial charge on any atom is 0.416 e. The van der Waals surface area contributed by atoms with Gasteiger partial charge in [-0.25, -0.2) is 0 Å². The highest BCUT2D eigenvalue weighted by atomic mass is 19.4. The lowest BCUT2D eigenvalue weighted by Gasteiger charge is -2.23. The molecule has 0 amide bonds. The maximum atomic E-state index is 12.9. The quantitative estimate of drug-likeness (QED) is 0.759. The van der Waals surface area contributed by atoms with E-state index in [0.29, 0.717) is 13.0 Å². The molecule has 0 aliphatic heterocycles. The minimum atomic E-state index is -4.44. The van der Waals surface area contributed by atoms with Gasteiger partial charge in [0.25, 0.3) is 0 Å². The average Bonchev–Trinajstić information content (AvgIpc) is 2.58. The van der Waals surface area contributed by atoms with Gasteiger partial charge >= 0.3 is 12.1 Å². The molecule has 0 bridgehead atoms. The van der Waals surface area contributed by atoms with Gasteiger partial charge in [0, 0.05) is 13.0 Å². The predicted octanol–water partition coefficient (Wildman–Crippen LogP) is 4.23. The van der Waals surface area contributed by atoms with E-state index < -0.39 is 23.8 Å². The standard InChI is InChI=1S/C19H20F3NO3/c1-23(13-18(24)25)11-10-17(14-6-3-2-4-7-14)26-16-9-5-8-15(12-16)19(20,21)22/h2-9,12,17H,10-11,13H2,1H3,(H,24,25)/t17-/m1/s1. The molecule has 0 aliphatic rings. The summed E-state index contributed by atoms with van der Waals surface area (Å²) >= 11 is 0. The number of carboxylic acid groups (broad SMARTS) is 1. The van der Waals surface area contributed by atoms with Crippen molar-refractivity contribution in [3.63, 3.8) is 0 Å². The fourth-order valence-electron chi connectivity index (χ4n) is 2.52. The van der Waals surface area contributed by atoms with Crippen LogP contribution in [0.3, 0.4) is 0 Å². The Hall–Kier alpha value is -2.54. The lowest BCUT2D eigenvalue weighted by atomic mass is 10.1. The molecular formula is C19H20F3NO3. The second kappa shape index (κ2) is 8.71. The normalized spacial score (nSPS) is 12.8. The Kier molecular flexibility index (Phi) is 6.63. The largest absolute Gasteiger partial charge is 0.486 e. The van der Waals surface area contributed by atoms with E-state index in [9.17, 15) is 18.0 Å². The van der Waals surface area contributed by atoms with Crippen molar-refractivity contribution in [1.82, 2.24) is 4.90 Å². The summed E-state index contributed by atoms with van der Waals surface area (Å²) in [5.74, 6) is -0.822. The zero-order valence-corrected chi connectivity index (χ0v) is 14.2. The van der Waals surface area contributed by atoms with Crippen LogP contribution in [0, 0.1) is 0 Å². The molecule has 0 heterocycles. The fraction of sp³-hybridized carbons (Fsp3) is 0.316. The van der Waals surface area contributed by atoms with Crippen molar-refractivity contribution in [1.29, 1.82) is 0 Å². The molecule has 0 radical (unpaired) electrons. The number of carbonyl (C=O) groups is 1. The van der Waals surface area contributed by atoms with E-state index in [-0.39, 0.29) is 12.3 Å². The van der Waals surface area contributed by atoms with Crippen molar-refractivity contribution in [3.8, 4) is 5.75 Å². The summed E-state index contributed by atoms with van der Waals surface area (Å²) in [7, 11) is 1.67. The molecule has 1 atom stereocenters. The second-order valence-electron chi connectivity index (χ2n) is 5.96. The Morgan fingerprint density at radius 3 is 2.46 bits per heavy atom. The molecule has 2 rings (SSSR count). The smallest absolute Gasteiger partial charge is 0.416 e. The van der Waals surface area contributed by atoms with E-state index in [1.165, 1.54) is 12.1 Å². The molecule has 0 saturated carbocycles. The van der Waals surface area contributed by atoms with Crippen LogP contribution in [0.5, 0.6) is 5.75 Å². The van der Waals surface area contributed by atoms with Crippen LogP contribution in [0.4, 0.5) is 13.2 Å². The third kappa shape index (κ3) is 6.07. The van der Waals surface area contributed by atoms with Gasteiger partial charge in [0.2, 0.25) is 0 Å². The van der Waals surface area contributed by atoms with Crippen molar-refractivity contribution in [2.45, 2.75) is 18.7 Å². The zero-order valence-electron chi connectivity index (χ0n) is 14.2. The van der Waals surface area contributed by atoms with Gasteiger partial charge in [-0.15, -0.1) is 0 Å². The van der Waals surface area contributed by atoms with E-state index in [1.807, 2.05) is 30.3 Å². The van der Waals surface area contributed by atoms with Crippen molar-refractivity contribution < 1.29 is 27.8 Å². The number of carboxylic acids is 1. The van der Waals surface area contributed by atoms with Gasteiger partial charge in [0.1, 0.15) is 11.9 Å². The zero-order chi connectivity index (χ0) is 19.2. The average molecular weight is 367 g/mol. The number of likely N-dealkylation sites (N-methyl/N-ethyl adjacent to an activating group) is 1. The summed E-state index contributed by atoms with van der Waals surface area (Å²) in [5, 5.41) is 8.83. The number of nitrogens with zero attached hydrogens (tertiary/aromatic N) is 1. The molecule has 2 aromatic carbocycles. The van der Waals surface area contributed by atoms with Crippen molar-refractivity contribution in [3.05, 3.63) is 65.7 Å². The van der Waals surface area contributed by atoms with Gasteiger partial charge in [-0.05, 0) is 30.8 Å². The molecule has 140 valence electrons. The van der Waals surface area contributed by atoms with Crippen LogP contribution in [0.2, 0.25) is 0 Å². The minimum absolute atomic E-state index is 0.120. The van der Waals surface area contributed by atoms with Crippen molar-refractivity contribution in [2.24, 2.45) is 0 Å². The number of aliphatic carboxylic acids is 1. The third-order valence-corrected chi connectivity index (χ3v) is 3.79. The lowest BCUT2D eigenvalue weighted by molar-refractivity contribution is -0.138. The molecule has 0 unspecified atom stereocenters. The van der Waals surface area contributed by atoms with Crippen LogP contribution in [-0.2, 0) is 11.0 Å². The number of hydrogen-bond donors (Lipinski definition) is 1. The molecule has 0 aliphatic carbocycles. The summed E-state index contributed by atoms with van der Waals surface area (Å²) in [4.78, 5) is 12.4. The highest BCUT2D eigenvalue weighted by Gasteiger charge is 2.30. The van der Waals surface area contributed by atoms with Crippen molar-refractivity contribution >= 4 is 5.97 Å². The van der Waals surface area contributed by atoms with Gasteiger partial charge in [-0.3, -0.25) is 9.69 Å². The highest BCUT2D eigenvalue weighted by molar-refractivity contribution is 5.68. The minimum Gasteiger partial charge on any atom is -0.486 e. The van der Waals surface area contributed by atoms with Crippen LogP contribution in [-0.4, -0.2) is 36.1 Å². The van der Waals surface area contributed by atoms with Gasteiger partial charge < -0.3 is 9.84 Å². The molecule has 26 heavy (non-hydrogen) atoms. The van der Waals surface area contributed by atoms with Gasteiger partial charge in [0.05, 0.1) is 12.1 Å². The van der Waals surface area contributed by atoms with Crippen LogP contribution < -0.4 is 4.74 Å². The SMILES string of the molecule is CN(CC[C@@H](Oc1cccc(C(F)(F)F)c1)c1ccccc1)CC(=O)O. The number of rotatable bonds is 8. The number of benzene rings is 2. The lowest BCUT2D eigenvalue weighted by Crippen LogP contribution is -2.28. The molecule has 7 heteroatoms. The Morgan fingerprint density at radius 2 is 1.85 bits per heavy atom. The topological polar surface area (TPSA) is 49.8 Å². The first-order chi connectivity index (χ1) is 12.3. The monoisotopic (exact) mass is 367 g/mol. The number of ether oxygens (including phenoxy) is 1. The molecule has 4 nitrogen and oxygen atoms in total. The summed E-state index contributed by atoms with van der Waals surface area (Å²) in [5.41, 5.74) is 0.0402. The number of halogens is 3. The van der Waals surface area contributed by atoms with Gasteiger partial charge in [-0.1, -0.05) is 36.4 Å². The fourth-order valence-corrected chi connectivity index (χ4v) is 2.52. The molecular weight excluding hydrogens is 347 g/mol. The maximum absolute atomic E-state index is 12.9. The van der Waals surface area contributed by atoms with E-state index in [2.05, 4.69) is 0 Å². The van der Waals surface area contributed by atoms with E-state index in [4.69, 9.17) is 9.84 Å². The Balaban J connectivity index is 2.16. The van der Waals surface area contributed by atoms with Crippen LogP contribution in [0.1, 0.15) is 23.7 Å². The molecule has 0 fully saturated rings. The first kappa shape index (κ1) is 19.8.